The lowest BCUT2D eigenvalue weighted by Gasteiger charge is -2.27. The summed E-state index contributed by atoms with van der Waals surface area (Å²) in [6, 6.07) is 15.4. The third-order valence-corrected chi connectivity index (χ3v) is 5.88. The number of hydrogen-bond donors (Lipinski definition) is 1. The molecule has 0 saturated heterocycles. The Morgan fingerprint density at radius 1 is 1.22 bits per heavy atom. The van der Waals surface area contributed by atoms with Crippen LogP contribution < -0.4 is 5.32 Å². The Morgan fingerprint density at radius 3 is 2.66 bits per heavy atom. The average Bonchev–Trinajstić information content (AvgIpc) is 3.20. The van der Waals surface area contributed by atoms with Gasteiger partial charge in [0, 0.05) is 17.5 Å². The second-order valence-corrected chi connectivity index (χ2v) is 7.98. The van der Waals surface area contributed by atoms with Crippen LogP contribution in [0.15, 0.2) is 71.0 Å². The lowest BCUT2D eigenvalue weighted by molar-refractivity contribution is -0.385. The molecule has 0 radical (unpaired) electrons. The van der Waals surface area contributed by atoms with Gasteiger partial charge in [0.1, 0.15) is 6.04 Å². The van der Waals surface area contributed by atoms with Crippen molar-refractivity contribution in [3.8, 4) is 0 Å². The van der Waals surface area contributed by atoms with Gasteiger partial charge in [0.2, 0.25) is 11.1 Å². The number of benzene rings is 2. The van der Waals surface area contributed by atoms with Gasteiger partial charge in [-0.05, 0) is 25.5 Å². The van der Waals surface area contributed by atoms with Crippen LogP contribution >= 0.6 is 11.8 Å². The van der Waals surface area contributed by atoms with E-state index in [9.17, 15) is 14.9 Å². The van der Waals surface area contributed by atoms with Crippen LogP contribution in [-0.2, 0) is 15.3 Å². The summed E-state index contributed by atoms with van der Waals surface area (Å²) in [6.07, 6.45) is 0. The molecule has 10 heteroatoms. The molecule has 1 aliphatic rings. The van der Waals surface area contributed by atoms with Gasteiger partial charge >= 0.3 is 5.97 Å². The van der Waals surface area contributed by atoms with E-state index in [1.807, 2.05) is 30.3 Å². The minimum absolute atomic E-state index is 0.103. The molecule has 1 aliphatic heterocycles. The number of hydrogen-bond acceptors (Lipinski definition) is 8. The molecular weight excluding hydrogens is 430 g/mol. The van der Waals surface area contributed by atoms with E-state index in [1.165, 1.54) is 22.5 Å². The highest BCUT2D eigenvalue weighted by atomic mass is 32.2. The Morgan fingerprint density at radius 2 is 1.94 bits per heavy atom. The first-order valence-corrected chi connectivity index (χ1v) is 11.0. The SMILES string of the molecule is CCOC(=O)C1=C(C)Nc2nc(SCc3ccccc3)nn2[C@H]1c1ccccc1[N+](=O)[O-]. The van der Waals surface area contributed by atoms with Gasteiger partial charge in [-0.1, -0.05) is 54.2 Å². The van der Waals surface area contributed by atoms with Crippen molar-refractivity contribution in [2.45, 2.75) is 30.8 Å². The number of carbonyl (C=O) groups is 1. The van der Waals surface area contributed by atoms with Gasteiger partial charge in [-0.25, -0.2) is 9.48 Å². The highest BCUT2D eigenvalue weighted by molar-refractivity contribution is 7.98. The monoisotopic (exact) mass is 451 g/mol. The fraction of sp³-hybridized carbons (Fsp3) is 0.227. The van der Waals surface area contributed by atoms with Crippen molar-refractivity contribution >= 4 is 29.4 Å². The Labute approximate surface area is 188 Å². The number of allylic oxidation sites excluding steroid dienone is 1. The second kappa shape index (κ2) is 9.23. The first kappa shape index (κ1) is 21.6. The van der Waals surface area contributed by atoms with Crippen molar-refractivity contribution in [1.82, 2.24) is 14.8 Å². The summed E-state index contributed by atoms with van der Waals surface area (Å²) >= 11 is 1.44. The van der Waals surface area contributed by atoms with Gasteiger partial charge in [0.05, 0.1) is 22.7 Å². The Balaban J connectivity index is 1.77. The zero-order valence-electron chi connectivity index (χ0n) is 17.5. The largest absolute Gasteiger partial charge is 0.463 e. The summed E-state index contributed by atoms with van der Waals surface area (Å²) in [5.74, 6) is 0.520. The number of nitrogens with zero attached hydrogens (tertiary/aromatic N) is 4. The zero-order valence-corrected chi connectivity index (χ0v) is 18.3. The summed E-state index contributed by atoms with van der Waals surface area (Å²) in [5.41, 5.74) is 2.14. The fourth-order valence-electron chi connectivity index (χ4n) is 3.56. The Kier molecular flexibility index (Phi) is 6.22. The normalized spacial score (nSPS) is 15.1. The zero-order chi connectivity index (χ0) is 22.7. The summed E-state index contributed by atoms with van der Waals surface area (Å²) in [7, 11) is 0. The number of esters is 1. The summed E-state index contributed by atoms with van der Waals surface area (Å²) in [5, 5.41) is 19.9. The molecule has 0 spiro atoms. The number of nitro benzene ring substituents is 1. The lowest BCUT2D eigenvalue weighted by Crippen LogP contribution is -2.30. The van der Waals surface area contributed by atoms with Gasteiger partial charge in [0.15, 0.2) is 0 Å². The number of carbonyl (C=O) groups excluding carboxylic acids is 1. The molecule has 3 aromatic rings. The second-order valence-electron chi connectivity index (χ2n) is 7.04. The first-order valence-electron chi connectivity index (χ1n) is 10.0. The molecule has 1 N–H and O–H groups in total. The number of fused-ring (bicyclic) bond motifs is 1. The van der Waals surface area contributed by atoms with Gasteiger partial charge in [-0.2, -0.15) is 4.98 Å². The van der Waals surface area contributed by atoms with E-state index in [0.29, 0.717) is 28.1 Å². The molecule has 1 atom stereocenters. The van der Waals surface area contributed by atoms with Crippen molar-refractivity contribution in [3.63, 3.8) is 0 Å². The predicted octanol–water partition coefficient (Wildman–Crippen LogP) is 4.33. The van der Waals surface area contributed by atoms with Crippen LogP contribution in [0.2, 0.25) is 0 Å². The standard InChI is InChI=1S/C22H21N5O4S/c1-3-31-20(28)18-14(2)23-21-24-22(32-13-15-9-5-4-6-10-15)25-26(21)19(18)16-11-7-8-12-17(16)27(29)30/h4-12,19H,3,13H2,1-2H3,(H,23,24,25)/t19-/m0/s1. The minimum Gasteiger partial charge on any atom is -0.463 e. The van der Waals surface area contributed by atoms with Crippen LogP contribution in [-0.4, -0.2) is 32.3 Å². The van der Waals surface area contributed by atoms with E-state index in [0.717, 1.165) is 5.56 Å². The maximum atomic E-state index is 12.8. The Bertz CT molecular complexity index is 1190. The molecular formula is C22H21N5O4S. The predicted molar refractivity (Wildman–Crippen MR) is 120 cm³/mol. The Hall–Kier alpha value is -3.66. The van der Waals surface area contributed by atoms with E-state index in [1.54, 1.807) is 32.0 Å². The summed E-state index contributed by atoms with van der Waals surface area (Å²) in [4.78, 5) is 28.7. The van der Waals surface area contributed by atoms with E-state index in [-0.39, 0.29) is 17.9 Å². The van der Waals surface area contributed by atoms with E-state index in [4.69, 9.17) is 4.74 Å². The molecule has 0 aliphatic carbocycles. The smallest absolute Gasteiger partial charge is 0.338 e. The number of ether oxygens (including phenoxy) is 1. The molecule has 0 amide bonds. The number of rotatable bonds is 7. The van der Waals surface area contributed by atoms with Crippen molar-refractivity contribution in [1.29, 1.82) is 0 Å². The first-order chi connectivity index (χ1) is 15.5. The van der Waals surface area contributed by atoms with Gasteiger partial charge in [0.25, 0.3) is 5.69 Å². The minimum atomic E-state index is -0.842. The number of nitrogens with one attached hydrogen (secondary N) is 1. The molecule has 2 aromatic carbocycles. The molecule has 4 rings (SSSR count). The van der Waals surface area contributed by atoms with E-state index < -0.39 is 16.9 Å². The number of aromatic nitrogens is 3. The molecule has 164 valence electrons. The van der Waals surface area contributed by atoms with Gasteiger partial charge < -0.3 is 10.1 Å². The molecule has 1 aromatic heterocycles. The number of anilines is 1. The summed E-state index contributed by atoms with van der Waals surface area (Å²) < 4.78 is 6.78. The number of thioether (sulfide) groups is 1. The van der Waals surface area contributed by atoms with Crippen LogP contribution in [0.4, 0.5) is 11.6 Å². The van der Waals surface area contributed by atoms with Gasteiger partial charge in [-0.3, -0.25) is 10.1 Å². The fourth-order valence-corrected chi connectivity index (χ4v) is 4.35. The van der Waals surface area contributed by atoms with Crippen LogP contribution in [0.5, 0.6) is 0 Å². The number of para-hydroxylation sites is 1. The highest BCUT2D eigenvalue weighted by Gasteiger charge is 2.38. The summed E-state index contributed by atoms with van der Waals surface area (Å²) in [6.45, 7) is 3.62. The van der Waals surface area contributed by atoms with Crippen molar-refractivity contribution < 1.29 is 14.5 Å². The van der Waals surface area contributed by atoms with Crippen LogP contribution in [0, 0.1) is 10.1 Å². The lowest BCUT2D eigenvalue weighted by atomic mass is 9.94. The molecule has 32 heavy (non-hydrogen) atoms. The van der Waals surface area contributed by atoms with Crippen LogP contribution in [0.3, 0.4) is 0 Å². The van der Waals surface area contributed by atoms with E-state index in [2.05, 4.69) is 15.4 Å². The van der Waals surface area contributed by atoms with Crippen molar-refractivity contribution in [2.24, 2.45) is 0 Å². The third-order valence-electron chi connectivity index (χ3n) is 4.97. The third kappa shape index (κ3) is 4.22. The number of nitro groups is 1. The quantitative estimate of drug-likeness (QED) is 0.244. The van der Waals surface area contributed by atoms with Crippen LogP contribution in [0.25, 0.3) is 0 Å². The average molecular weight is 452 g/mol. The molecule has 0 saturated carbocycles. The molecule has 0 unspecified atom stereocenters. The maximum absolute atomic E-state index is 12.8. The molecule has 9 nitrogen and oxygen atoms in total. The van der Waals surface area contributed by atoms with Crippen molar-refractivity contribution in [2.75, 3.05) is 11.9 Å². The highest BCUT2D eigenvalue weighted by Crippen LogP contribution is 2.40. The molecule has 0 fully saturated rings. The molecule has 2 heterocycles. The van der Waals surface area contributed by atoms with Gasteiger partial charge in [-0.15, -0.1) is 5.10 Å². The van der Waals surface area contributed by atoms with Crippen LogP contribution in [0.1, 0.15) is 31.0 Å². The van der Waals surface area contributed by atoms with E-state index >= 15 is 0 Å². The maximum Gasteiger partial charge on any atom is 0.338 e. The molecule has 0 bridgehead atoms. The topological polar surface area (TPSA) is 112 Å². The van der Waals surface area contributed by atoms with Crippen molar-refractivity contribution in [3.05, 3.63) is 87.1 Å².